The molecule has 3 aliphatic heterocycles. The fourth-order valence-electron chi connectivity index (χ4n) is 4.48. The van der Waals surface area contributed by atoms with E-state index in [0.29, 0.717) is 12.4 Å². The molecule has 0 aliphatic carbocycles. The summed E-state index contributed by atoms with van der Waals surface area (Å²) in [5.74, 6) is 1.06. The van der Waals surface area contributed by atoms with Crippen molar-refractivity contribution in [3.63, 3.8) is 0 Å². The molecule has 10 nitrogen and oxygen atoms in total. The van der Waals surface area contributed by atoms with Gasteiger partial charge in [-0.2, -0.15) is 0 Å². The van der Waals surface area contributed by atoms with Gasteiger partial charge in [0, 0.05) is 38.9 Å². The fraction of sp³-hybridized carbons (Fsp3) is 0.545. The molecule has 0 radical (unpaired) electrons. The Morgan fingerprint density at radius 3 is 2.44 bits per heavy atom. The summed E-state index contributed by atoms with van der Waals surface area (Å²) in [6, 6.07) is 6.37. The normalized spacial score (nSPS) is 24.8. The first-order chi connectivity index (χ1) is 15.3. The van der Waals surface area contributed by atoms with E-state index in [1.165, 1.54) is 11.8 Å². The topological polar surface area (TPSA) is 97.8 Å². The molecule has 3 amide bonds. The number of methoxy groups -OCH3 is 1. The summed E-state index contributed by atoms with van der Waals surface area (Å²) in [5, 5.41) is 2.37. The second-order valence-electron chi connectivity index (χ2n) is 8.46. The quantitative estimate of drug-likeness (QED) is 0.680. The van der Waals surface area contributed by atoms with E-state index < -0.39 is 30.2 Å². The van der Waals surface area contributed by atoms with Crippen LogP contribution in [0.1, 0.15) is 13.8 Å². The number of ether oxygens (including phenoxy) is 1. The average molecular weight is 443 g/mol. The summed E-state index contributed by atoms with van der Waals surface area (Å²) in [6.45, 7) is 7.18. The van der Waals surface area contributed by atoms with E-state index in [2.05, 4.69) is 27.2 Å². The minimum atomic E-state index is -0.688. The van der Waals surface area contributed by atoms with E-state index in [9.17, 15) is 14.4 Å². The number of ketones is 1. The molecule has 0 spiro atoms. The Labute approximate surface area is 187 Å². The molecule has 3 heterocycles. The van der Waals surface area contributed by atoms with Crippen LogP contribution in [0.3, 0.4) is 0 Å². The van der Waals surface area contributed by atoms with Crippen LogP contribution in [0.15, 0.2) is 29.3 Å². The number of carbonyl (C=O) groups excluding carboxylic acids is 3. The van der Waals surface area contributed by atoms with Crippen molar-refractivity contribution in [2.45, 2.75) is 32.1 Å². The zero-order valence-electron chi connectivity index (χ0n) is 18.9. The molecule has 1 aromatic rings. The van der Waals surface area contributed by atoms with Crippen LogP contribution in [0, 0.1) is 0 Å². The lowest BCUT2D eigenvalue weighted by Crippen LogP contribution is -2.65. The first kappa shape index (κ1) is 22.1. The second-order valence-corrected chi connectivity index (χ2v) is 8.46. The van der Waals surface area contributed by atoms with Crippen molar-refractivity contribution < 1.29 is 19.1 Å². The van der Waals surface area contributed by atoms with Gasteiger partial charge in [-0.05, 0) is 38.1 Å². The molecule has 0 aromatic heterocycles. The van der Waals surface area contributed by atoms with Crippen LogP contribution in [0.2, 0.25) is 0 Å². The van der Waals surface area contributed by atoms with Gasteiger partial charge < -0.3 is 19.4 Å². The van der Waals surface area contributed by atoms with Crippen LogP contribution < -0.4 is 15.0 Å². The number of amides is 3. The maximum absolute atomic E-state index is 12.6. The number of amidine groups is 1. The standard InChI is InChI=1S/C22H30N6O4/c1-14(15(2)29)28-18(23-20-19(28)21(30)24-22(31)25(20)3)13-26-9-11-27(12-10-26)16-5-7-17(32-4)8-6-16/h5-8,14,19-20H,9-13H2,1-4H3,(H,24,30,31). The SMILES string of the molecule is COc1ccc(N2CCN(CC3=NC4C(C(=O)NC(=O)N4C)N3C(C)C(C)=O)CC2)cc1. The Kier molecular flexibility index (Phi) is 6.05. The van der Waals surface area contributed by atoms with Crippen molar-refractivity contribution in [3.05, 3.63) is 24.3 Å². The molecule has 1 aromatic carbocycles. The molecule has 0 saturated carbocycles. The number of fused-ring (bicyclic) bond motifs is 1. The molecule has 0 bridgehead atoms. The average Bonchev–Trinajstić information content (AvgIpc) is 3.17. The molecule has 3 unspecified atom stereocenters. The van der Waals surface area contributed by atoms with Gasteiger partial charge in [0.25, 0.3) is 5.91 Å². The summed E-state index contributed by atoms with van der Waals surface area (Å²) >= 11 is 0. The highest BCUT2D eigenvalue weighted by molar-refractivity contribution is 6.05. The van der Waals surface area contributed by atoms with E-state index >= 15 is 0 Å². The zero-order chi connectivity index (χ0) is 23.0. The van der Waals surface area contributed by atoms with Crippen LogP contribution >= 0.6 is 0 Å². The Hall–Kier alpha value is -3.14. The van der Waals surface area contributed by atoms with Gasteiger partial charge in [-0.15, -0.1) is 0 Å². The highest BCUT2D eigenvalue weighted by atomic mass is 16.5. The van der Waals surface area contributed by atoms with Crippen molar-refractivity contribution in [1.82, 2.24) is 20.0 Å². The highest BCUT2D eigenvalue weighted by Crippen LogP contribution is 2.27. The van der Waals surface area contributed by atoms with Crippen LogP contribution in [0.5, 0.6) is 5.75 Å². The fourth-order valence-corrected chi connectivity index (χ4v) is 4.48. The molecule has 10 heteroatoms. The van der Waals surface area contributed by atoms with Crippen molar-refractivity contribution in [3.8, 4) is 5.75 Å². The number of benzene rings is 1. The smallest absolute Gasteiger partial charge is 0.325 e. The molecule has 172 valence electrons. The molecular formula is C22H30N6O4. The molecule has 2 fully saturated rings. The number of anilines is 1. The number of hydrogen-bond donors (Lipinski definition) is 1. The van der Waals surface area contributed by atoms with E-state index in [4.69, 9.17) is 9.73 Å². The number of hydrogen-bond acceptors (Lipinski definition) is 8. The van der Waals surface area contributed by atoms with Gasteiger partial charge in [0.15, 0.2) is 18.0 Å². The van der Waals surface area contributed by atoms with Crippen LogP contribution in [0.25, 0.3) is 0 Å². The van der Waals surface area contributed by atoms with Crippen LogP contribution in [-0.4, -0.2) is 103 Å². The lowest BCUT2D eigenvalue weighted by atomic mass is 10.1. The third-order valence-corrected chi connectivity index (χ3v) is 6.56. The summed E-state index contributed by atoms with van der Waals surface area (Å²) in [7, 11) is 3.28. The maximum atomic E-state index is 12.6. The minimum Gasteiger partial charge on any atom is -0.497 e. The number of Topliss-reactive ketones (excluding diaryl/α,β-unsaturated/α-hetero) is 1. The van der Waals surface area contributed by atoms with Crippen molar-refractivity contribution in [2.24, 2.45) is 4.99 Å². The van der Waals surface area contributed by atoms with E-state index in [-0.39, 0.29) is 5.78 Å². The lowest BCUT2D eigenvalue weighted by Gasteiger charge is -2.40. The number of aliphatic imine (C=N–C) groups is 1. The summed E-state index contributed by atoms with van der Waals surface area (Å²) < 4.78 is 5.23. The lowest BCUT2D eigenvalue weighted by molar-refractivity contribution is -0.129. The Morgan fingerprint density at radius 1 is 1.19 bits per heavy atom. The molecule has 1 N–H and O–H groups in total. The summed E-state index contributed by atoms with van der Waals surface area (Å²) in [5.41, 5.74) is 1.15. The molecule has 2 saturated heterocycles. The molecule has 4 rings (SSSR count). The van der Waals surface area contributed by atoms with Gasteiger partial charge in [0.1, 0.15) is 11.6 Å². The predicted octanol–water partition coefficient (Wildman–Crippen LogP) is 0.385. The van der Waals surface area contributed by atoms with E-state index in [1.54, 1.807) is 26.0 Å². The van der Waals surface area contributed by atoms with Gasteiger partial charge in [0.05, 0.1) is 19.7 Å². The predicted molar refractivity (Wildman–Crippen MR) is 120 cm³/mol. The molecular weight excluding hydrogens is 412 g/mol. The van der Waals surface area contributed by atoms with Crippen molar-refractivity contribution in [2.75, 3.05) is 51.8 Å². The Bertz CT molecular complexity index is 925. The van der Waals surface area contributed by atoms with E-state index in [1.807, 2.05) is 12.1 Å². The van der Waals surface area contributed by atoms with Gasteiger partial charge in [-0.25, -0.2) is 9.79 Å². The number of nitrogens with one attached hydrogen (secondary N) is 1. The summed E-state index contributed by atoms with van der Waals surface area (Å²) in [6.07, 6.45) is -0.617. The van der Waals surface area contributed by atoms with Crippen LogP contribution in [-0.2, 0) is 9.59 Å². The Morgan fingerprint density at radius 2 is 1.84 bits per heavy atom. The Balaban J connectivity index is 1.46. The highest BCUT2D eigenvalue weighted by Gasteiger charge is 2.50. The molecule has 3 atom stereocenters. The van der Waals surface area contributed by atoms with Gasteiger partial charge in [0.2, 0.25) is 0 Å². The number of piperazine rings is 1. The number of carbonyl (C=O) groups is 3. The first-order valence-electron chi connectivity index (χ1n) is 10.8. The number of likely N-dealkylation sites (N-methyl/N-ethyl adjacent to an activating group) is 1. The third kappa shape index (κ3) is 4.02. The van der Waals surface area contributed by atoms with Gasteiger partial charge in [-0.1, -0.05) is 0 Å². The van der Waals surface area contributed by atoms with Gasteiger partial charge >= 0.3 is 6.03 Å². The number of nitrogens with zero attached hydrogens (tertiary/aromatic N) is 5. The maximum Gasteiger partial charge on any atom is 0.325 e. The summed E-state index contributed by atoms with van der Waals surface area (Å²) in [4.78, 5) is 49.5. The van der Waals surface area contributed by atoms with Gasteiger partial charge in [-0.3, -0.25) is 19.8 Å². The zero-order valence-corrected chi connectivity index (χ0v) is 18.9. The van der Waals surface area contributed by atoms with Crippen LogP contribution in [0.4, 0.5) is 10.5 Å². The first-order valence-corrected chi connectivity index (χ1v) is 10.8. The second kappa shape index (κ2) is 8.78. The van der Waals surface area contributed by atoms with Crippen molar-refractivity contribution in [1.29, 1.82) is 0 Å². The molecule has 32 heavy (non-hydrogen) atoms. The largest absolute Gasteiger partial charge is 0.497 e. The van der Waals surface area contributed by atoms with E-state index in [0.717, 1.165) is 37.6 Å². The third-order valence-electron chi connectivity index (χ3n) is 6.56. The van der Waals surface area contributed by atoms with Crippen molar-refractivity contribution >= 4 is 29.2 Å². The molecule has 3 aliphatic rings. The number of urea groups is 1. The minimum absolute atomic E-state index is 0.0463. The number of imide groups is 1. The monoisotopic (exact) mass is 442 g/mol. The number of rotatable bonds is 6.